The third-order valence-corrected chi connectivity index (χ3v) is 4.24. The minimum atomic E-state index is -3.61. The number of hydrogen-bond donors (Lipinski definition) is 1. The summed E-state index contributed by atoms with van der Waals surface area (Å²) in [5.41, 5.74) is 0.518. The molecule has 0 aliphatic carbocycles. The first-order chi connectivity index (χ1) is 8.55. The van der Waals surface area contributed by atoms with E-state index in [9.17, 15) is 8.42 Å². The molecule has 2 aromatic rings. The molecule has 1 N–H and O–H groups in total. The number of hydrogen-bond acceptors (Lipinski definition) is 4. The minimum absolute atomic E-state index is 0.0489. The molecule has 0 saturated heterocycles. The number of H-pyrrole nitrogens is 1. The Morgan fingerprint density at radius 3 is 2.78 bits per heavy atom. The zero-order valence-corrected chi connectivity index (χ0v) is 10.8. The third-order valence-electron chi connectivity index (χ3n) is 2.53. The van der Waals surface area contributed by atoms with E-state index in [2.05, 4.69) is 9.97 Å². The molecule has 0 amide bonds. The van der Waals surface area contributed by atoms with Gasteiger partial charge < -0.3 is 9.72 Å². The lowest BCUT2D eigenvalue weighted by atomic mass is 10.3. The summed E-state index contributed by atoms with van der Waals surface area (Å²) in [6.45, 7) is 0. The molecule has 0 aliphatic heterocycles. The lowest BCUT2D eigenvalue weighted by Gasteiger charge is -2.18. The van der Waals surface area contributed by atoms with Gasteiger partial charge in [0.1, 0.15) is 5.75 Å². The Hall–Kier alpha value is -2.02. The van der Waals surface area contributed by atoms with E-state index < -0.39 is 10.0 Å². The molecular weight excluding hydrogens is 254 g/mol. The Labute approximate surface area is 105 Å². The monoisotopic (exact) mass is 267 g/mol. The summed E-state index contributed by atoms with van der Waals surface area (Å²) in [4.78, 5) is 6.30. The van der Waals surface area contributed by atoms with Crippen molar-refractivity contribution >= 4 is 15.7 Å². The van der Waals surface area contributed by atoms with E-state index in [0.29, 0.717) is 11.4 Å². The molecule has 1 aromatic heterocycles. The molecular formula is C11H13N3O3S. The number of aromatic amines is 1. The maximum absolute atomic E-state index is 12.2. The maximum atomic E-state index is 12.2. The fourth-order valence-corrected chi connectivity index (χ4v) is 2.56. The fraction of sp³-hybridized carbons (Fsp3) is 0.182. The van der Waals surface area contributed by atoms with Crippen molar-refractivity contribution in [2.75, 3.05) is 18.5 Å². The molecule has 0 unspecified atom stereocenters. The largest absolute Gasteiger partial charge is 0.497 e. The average Bonchev–Trinajstić information content (AvgIpc) is 2.92. The summed E-state index contributed by atoms with van der Waals surface area (Å²) in [5.74, 6) is 0.596. The van der Waals surface area contributed by atoms with Gasteiger partial charge in [0.05, 0.1) is 25.3 Å². The quantitative estimate of drug-likeness (QED) is 0.904. The third kappa shape index (κ3) is 2.17. The predicted molar refractivity (Wildman–Crippen MR) is 67.2 cm³/mol. The maximum Gasteiger partial charge on any atom is 0.281 e. The smallest absolute Gasteiger partial charge is 0.281 e. The molecule has 0 saturated carbocycles. The highest BCUT2D eigenvalue weighted by atomic mass is 32.2. The summed E-state index contributed by atoms with van der Waals surface area (Å²) >= 11 is 0. The van der Waals surface area contributed by atoms with Gasteiger partial charge in [0.25, 0.3) is 10.0 Å². The Balaban J connectivity index is 2.39. The molecule has 1 heterocycles. The van der Waals surface area contributed by atoms with Gasteiger partial charge in [-0.05, 0) is 12.1 Å². The van der Waals surface area contributed by atoms with Gasteiger partial charge in [-0.3, -0.25) is 4.31 Å². The van der Waals surface area contributed by atoms with E-state index in [-0.39, 0.29) is 5.03 Å². The van der Waals surface area contributed by atoms with E-state index in [1.165, 1.54) is 31.0 Å². The van der Waals surface area contributed by atoms with Gasteiger partial charge in [0, 0.05) is 13.1 Å². The van der Waals surface area contributed by atoms with Crippen LogP contribution in [0.15, 0.2) is 41.8 Å². The number of sulfonamides is 1. The highest BCUT2D eigenvalue weighted by Gasteiger charge is 2.22. The fourth-order valence-electron chi connectivity index (χ4n) is 1.48. The molecule has 1 aromatic carbocycles. The first-order valence-electron chi connectivity index (χ1n) is 5.17. The molecule has 0 spiro atoms. The van der Waals surface area contributed by atoms with Gasteiger partial charge in [0.15, 0.2) is 5.03 Å². The minimum Gasteiger partial charge on any atom is -0.497 e. The van der Waals surface area contributed by atoms with Crippen LogP contribution in [0, 0.1) is 0 Å². The second-order valence-corrected chi connectivity index (χ2v) is 5.53. The van der Waals surface area contributed by atoms with Gasteiger partial charge in [-0.1, -0.05) is 6.07 Å². The number of methoxy groups -OCH3 is 1. The van der Waals surface area contributed by atoms with Crippen molar-refractivity contribution < 1.29 is 13.2 Å². The Bertz CT molecular complexity index is 623. The lowest BCUT2D eigenvalue weighted by Crippen LogP contribution is -2.26. The highest BCUT2D eigenvalue weighted by molar-refractivity contribution is 7.92. The van der Waals surface area contributed by atoms with E-state index >= 15 is 0 Å². The van der Waals surface area contributed by atoms with Crippen LogP contribution >= 0.6 is 0 Å². The van der Waals surface area contributed by atoms with Crippen LogP contribution in [0.2, 0.25) is 0 Å². The lowest BCUT2D eigenvalue weighted by molar-refractivity contribution is 0.415. The molecule has 96 valence electrons. The van der Waals surface area contributed by atoms with Gasteiger partial charge >= 0.3 is 0 Å². The number of imidazole rings is 1. The van der Waals surface area contributed by atoms with Crippen LogP contribution in [0.1, 0.15) is 0 Å². The van der Waals surface area contributed by atoms with Crippen LogP contribution in [-0.4, -0.2) is 32.5 Å². The van der Waals surface area contributed by atoms with Crippen LogP contribution in [0.25, 0.3) is 0 Å². The Morgan fingerprint density at radius 2 is 2.17 bits per heavy atom. The molecule has 0 atom stereocenters. The number of ether oxygens (including phenoxy) is 1. The summed E-state index contributed by atoms with van der Waals surface area (Å²) in [6.07, 6.45) is 2.60. The van der Waals surface area contributed by atoms with Crippen LogP contribution < -0.4 is 9.04 Å². The number of nitrogens with zero attached hydrogens (tertiary/aromatic N) is 2. The van der Waals surface area contributed by atoms with Crippen molar-refractivity contribution in [3.05, 3.63) is 36.8 Å². The normalized spacial score (nSPS) is 11.2. The van der Waals surface area contributed by atoms with Crippen molar-refractivity contribution in [3.63, 3.8) is 0 Å². The molecule has 0 fully saturated rings. The number of anilines is 1. The van der Waals surface area contributed by atoms with Crippen molar-refractivity contribution in [2.24, 2.45) is 0 Å². The molecule has 7 heteroatoms. The molecule has 0 radical (unpaired) electrons. The highest BCUT2D eigenvalue weighted by Crippen LogP contribution is 2.24. The second-order valence-electron chi connectivity index (χ2n) is 3.59. The van der Waals surface area contributed by atoms with Gasteiger partial charge in [-0.25, -0.2) is 4.98 Å². The zero-order valence-electron chi connectivity index (χ0n) is 9.99. The van der Waals surface area contributed by atoms with E-state index in [1.54, 1.807) is 24.3 Å². The van der Waals surface area contributed by atoms with Crippen molar-refractivity contribution in [1.29, 1.82) is 0 Å². The first kappa shape index (κ1) is 12.4. The summed E-state index contributed by atoms with van der Waals surface area (Å²) < 4.78 is 30.7. The van der Waals surface area contributed by atoms with E-state index in [0.717, 1.165) is 0 Å². The number of benzene rings is 1. The Morgan fingerprint density at radius 1 is 1.39 bits per heavy atom. The molecule has 0 aliphatic rings. The predicted octanol–water partition coefficient (Wildman–Crippen LogP) is 1.24. The topological polar surface area (TPSA) is 75.3 Å². The van der Waals surface area contributed by atoms with Crippen LogP contribution in [-0.2, 0) is 10.0 Å². The molecule has 2 rings (SSSR count). The summed E-state index contributed by atoms with van der Waals surface area (Å²) in [7, 11) is -0.607. The first-order valence-corrected chi connectivity index (χ1v) is 6.61. The second kappa shape index (κ2) is 4.69. The van der Waals surface area contributed by atoms with Gasteiger partial charge in [0.2, 0.25) is 0 Å². The summed E-state index contributed by atoms with van der Waals surface area (Å²) in [6, 6.07) is 6.82. The number of nitrogens with one attached hydrogen (secondary N) is 1. The van der Waals surface area contributed by atoms with Crippen molar-refractivity contribution in [2.45, 2.75) is 5.03 Å². The van der Waals surface area contributed by atoms with Gasteiger partial charge in [-0.15, -0.1) is 0 Å². The van der Waals surface area contributed by atoms with Crippen LogP contribution in [0.4, 0.5) is 5.69 Å². The van der Waals surface area contributed by atoms with Crippen molar-refractivity contribution in [1.82, 2.24) is 9.97 Å². The SMILES string of the molecule is COc1cccc(N(C)S(=O)(=O)c2cnc[nH]2)c1. The molecule has 18 heavy (non-hydrogen) atoms. The molecule has 6 nitrogen and oxygen atoms in total. The summed E-state index contributed by atoms with van der Waals surface area (Å²) in [5, 5.41) is 0.0489. The number of rotatable bonds is 4. The van der Waals surface area contributed by atoms with Crippen molar-refractivity contribution in [3.8, 4) is 5.75 Å². The standard InChI is InChI=1S/C11H13N3O3S/c1-14(9-4-3-5-10(6-9)17-2)18(15,16)11-7-12-8-13-11/h3-8H,1-2H3,(H,12,13). The molecule has 0 bridgehead atoms. The Kier molecular flexibility index (Phi) is 3.24. The van der Waals surface area contributed by atoms with Crippen LogP contribution in [0.5, 0.6) is 5.75 Å². The van der Waals surface area contributed by atoms with E-state index in [1.807, 2.05) is 0 Å². The van der Waals surface area contributed by atoms with E-state index in [4.69, 9.17) is 4.74 Å². The average molecular weight is 267 g/mol. The van der Waals surface area contributed by atoms with Crippen LogP contribution in [0.3, 0.4) is 0 Å². The number of aromatic nitrogens is 2. The van der Waals surface area contributed by atoms with Gasteiger partial charge in [-0.2, -0.15) is 8.42 Å². The zero-order chi connectivity index (χ0) is 13.2.